The number of nitrogens with zero attached hydrogens (tertiary/aromatic N) is 1. The van der Waals surface area contributed by atoms with E-state index in [9.17, 15) is 4.39 Å². The quantitative estimate of drug-likeness (QED) is 0.890. The molecular weight excluding hydrogens is 271 g/mol. The molecule has 18 heavy (non-hydrogen) atoms. The number of hydrogen-bond acceptors (Lipinski definition) is 3. The van der Waals surface area contributed by atoms with Gasteiger partial charge in [0.15, 0.2) is 5.17 Å². The Morgan fingerprint density at radius 2 is 2.33 bits per heavy atom. The van der Waals surface area contributed by atoms with Crippen molar-refractivity contribution in [2.45, 2.75) is 26.3 Å². The highest BCUT2D eigenvalue weighted by atomic mass is 35.5. The molecule has 0 bridgehead atoms. The third kappa shape index (κ3) is 3.62. The molecule has 0 saturated heterocycles. The molecule has 0 fully saturated rings. The van der Waals surface area contributed by atoms with Gasteiger partial charge in [0.1, 0.15) is 5.82 Å². The average molecular weight is 287 g/mol. The van der Waals surface area contributed by atoms with Crippen LogP contribution in [0.1, 0.15) is 20.3 Å². The summed E-state index contributed by atoms with van der Waals surface area (Å²) in [6.45, 7) is 4.39. The van der Waals surface area contributed by atoms with Gasteiger partial charge in [-0.05, 0) is 30.5 Å². The predicted octanol–water partition coefficient (Wildman–Crippen LogP) is 4.41. The Hall–Kier alpha value is -0.740. The molecule has 0 saturated carbocycles. The van der Waals surface area contributed by atoms with E-state index in [2.05, 4.69) is 24.2 Å². The van der Waals surface area contributed by atoms with Crippen molar-refractivity contribution in [3.63, 3.8) is 0 Å². The summed E-state index contributed by atoms with van der Waals surface area (Å²) in [4.78, 5) is 4.60. The predicted molar refractivity (Wildman–Crippen MR) is 78.2 cm³/mol. The number of anilines is 1. The molecule has 1 aromatic carbocycles. The van der Waals surface area contributed by atoms with Crippen LogP contribution in [0, 0.1) is 11.7 Å². The lowest BCUT2D eigenvalue weighted by molar-refractivity contribution is 0.529. The van der Waals surface area contributed by atoms with Gasteiger partial charge in [-0.3, -0.25) is 4.99 Å². The number of nitrogens with one attached hydrogen (secondary N) is 1. The van der Waals surface area contributed by atoms with Gasteiger partial charge < -0.3 is 5.32 Å². The van der Waals surface area contributed by atoms with Crippen LogP contribution < -0.4 is 5.32 Å². The van der Waals surface area contributed by atoms with Crippen molar-refractivity contribution in [3.05, 3.63) is 29.0 Å². The zero-order chi connectivity index (χ0) is 13.1. The first-order chi connectivity index (χ1) is 8.54. The van der Waals surface area contributed by atoms with Crippen LogP contribution in [0.5, 0.6) is 0 Å². The van der Waals surface area contributed by atoms with Crippen LogP contribution in [0.4, 0.5) is 10.1 Å². The van der Waals surface area contributed by atoms with Crippen molar-refractivity contribution in [1.29, 1.82) is 0 Å². The maximum Gasteiger partial charge on any atom is 0.161 e. The Morgan fingerprint density at radius 1 is 1.56 bits per heavy atom. The van der Waals surface area contributed by atoms with E-state index in [1.54, 1.807) is 17.8 Å². The van der Waals surface area contributed by atoms with Crippen molar-refractivity contribution in [1.82, 2.24) is 0 Å². The number of amidine groups is 1. The second-order valence-corrected chi connectivity index (χ2v) is 6.19. The molecule has 0 aromatic heterocycles. The first kappa shape index (κ1) is 13.7. The van der Waals surface area contributed by atoms with E-state index < -0.39 is 0 Å². The second kappa shape index (κ2) is 5.93. The number of halogens is 2. The number of rotatable bonds is 3. The van der Waals surface area contributed by atoms with Crippen molar-refractivity contribution in [3.8, 4) is 0 Å². The molecule has 2 rings (SSSR count). The Kier molecular flexibility index (Phi) is 4.51. The van der Waals surface area contributed by atoms with Crippen LogP contribution in [0.15, 0.2) is 23.2 Å². The lowest BCUT2D eigenvalue weighted by Crippen LogP contribution is -2.08. The summed E-state index contributed by atoms with van der Waals surface area (Å²) >= 11 is 7.65. The highest BCUT2D eigenvalue weighted by molar-refractivity contribution is 8.14. The fourth-order valence-corrected chi connectivity index (χ4v) is 3.04. The van der Waals surface area contributed by atoms with Gasteiger partial charge >= 0.3 is 0 Å². The van der Waals surface area contributed by atoms with Crippen LogP contribution >= 0.6 is 23.4 Å². The first-order valence-corrected chi connectivity index (χ1v) is 7.33. The van der Waals surface area contributed by atoms with Gasteiger partial charge in [-0.25, -0.2) is 4.39 Å². The number of aliphatic imine (C=N–C) groups is 1. The Bertz CT molecular complexity index is 462. The van der Waals surface area contributed by atoms with E-state index in [-0.39, 0.29) is 5.82 Å². The fourth-order valence-electron chi connectivity index (χ4n) is 1.85. The topological polar surface area (TPSA) is 24.4 Å². The van der Waals surface area contributed by atoms with Gasteiger partial charge in [-0.2, -0.15) is 0 Å². The van der Waals surface area contributed by atoms with Gasteiger partial charge in [0.25, 0.3) is 0 Å². The molecular formula is C13H16ClFN2S. The molecule has 1 unspecified atom stereocenters. The monoisotopic (exact) mass is 286 g/mol. The van der Waals surface area contributed by atoms with Gasteiger partial charge in [-0.1, -0.05) is 37.2 Å². The summed E-state index contributed by atoms with van der Waals surface area (Å²) in [5, 5.41) is 4.40. The Labute approximate surface area is 116 Å². The number of benzene rings is 1. The molecule has 0 amide bonds. The molecule has 0 spiro atoms. The zero-order valence-electron chi connectivity index (χ0n) is 10.4. The van der Waals surface area contributed by atoms with Gasteiger partial charge in [0.05, 0.1) is 16.8 Å². The molecule has 1 aliphatic rings. The molecule has 0 aliphatic carbocycles. The van der Waals surface area contributed by atoms with Crippen LogP contribution in [0.2, 0.25) is 5.02 Å². The Balaban J connectivity index is 2.02. The van der Waals surface area contributed by atoms with E-state index in [1.807, 2.05) is 0 Å². The summed E-state index contributed by atoms with van der Waals surface area (Å²) in [6.07, 6.45) is 1.09. The van der Waals surface area contributed by atoms with Crippen molar-refractivity contribution in [2.75, 3.05) is 11.1 Å². The molecule has 1 atom stereocenters. The summed E-state index contributed by atoms with van der Waals surface area (Å²) in [7, 11) is 0. The molecule has 1 N–H and O–H groups in total. The van der Waals surface area contributed by atoms with Crippen LogP contribution in [0.3, 0.4) is 0 Å². The van der Waals surface area contributed by atoms with Crippen molar-refractivity contribution >= 4 is 34.2 Å². The van der Waals surface area contributed by atoms with E-state index >= 15 is 0 Å². The third-order valence-corrected chi connectivity index (χ3v) is 3.97. The highest BCUT2D eigenvalue weighted by Crippen LogP contribution is 2.27. The van der Waals surface area contributed by atoms with Crippen molar-refractivity contribution < 1.29 is 4.39 Å². The standard InChI is InChI=1S/C13H16ClFN2S/c1-8(2)5-10-7-18-13(16-10)17-12-4-3-9(15)6-11(12)14/h3-4,6,8,10H,5,7H2,1-2H3,(H,16,17). The van der Waals surface area contributed by atoms with Gasteiger partial charge in [-0.15, -0.1) is 0 Å². The normalized spacial score (nSPS) is 19.2. The maximum absolute atomic E-state index is 12.9. The second-order valence-electron chi connectivity index (χ2n) is 4.78. The summed E-state index contributed by atoms with van der Waals surface area (Å²) in [5.74, 6) is 1.32. The molecule has 5 heteroatoms. The molecule has 1 aromatic rings. The van der Waals surface area contributed by atoms with Gasteiger partial charge in [0, 0.05) is 5.75 Å². The van der Waals surface area contributed by atoms with E-state index in [1.165, 1.54) is 12.1 Å². The van der Waals surface area contributed by atoms with Gasteiger partial charge in [0.2, 0.25) is 0 Å². The lowest BCUT2D eigenvalue weighted by Gasteiger charge is -2.08. The lowest BCUT2D eigenvalue weighted by atomic mass is 10.1. The summed E-state index contributed by atoms with van der Waals surface area (Å²) in [6, 6.07) is 4.70. The molecule has 1 aliphatic heterocycles. The van der Waals surface area contributed by atoms with E-state index in [0.717, 1.165) is 17.3 Å². The minimum atomic E-state index is -0.329. The van der Waals surface area contributed by atoms with Crippen LogP contribution in [-0.2, 0) is 0 Å². The van der Waals surface area contributed by atoms with Crippen LogP contribution in [-0.4, -0.2) is 17.0 Å². The smallest absolute Gasteiger partial charge is 0.161 e. The van der Waals surface area contributed by atoms with E-state index in [4.69, 9.17) is 11.6 Å². The number of thioether (sulfide) groups is 1. The molecule has 2 nitrogen and oxygen atoms in total. The Morgan fingerprint density at radius 3 is 3.00 bits per heavy atom. The minimum Gasteiger partial charge on any atom is -0.334 e. The number of hydrogen-bond donors (Lipinski definition) is 1. The fraction of sp³-hybridized carbons (Fsp3) is 0.462. The summed E-state index contributed by atoms with van der Waals surface area (Å²) < 4.78 is 12.9. The SMILES string of the molecule is CC(C)CC1CSC(Nc2ccc(F)cc2Cl)=N1. The van der Waals surface area contributed by atoms with Crippen molar-refractivity contribution in [2.24, 2.45) is 10.9 Å². The molecule has 1 heterocycles. The summed E-state index contributed by atoms with van der Waals surface area (Å²) in [5.41, 5.74) is 0.703. The first-order valence-electron chi connectivity index (χ1n) is 5.97. The maximum atomic E-state index is 12.9. The zero-order valence-corrected chi connectivity index (χ0v) is 12.0. The minimum absolute atomic E-state index is 0.329. The van der Waals surface area contributed by atoms with Crippen LogP contribution in [0.25, 0.3) is 0 Å². The average Bonchev–Trinajstić information content (AvgIpc) is 2.69. The third-order valence-electron chi connectivity index (χ3n) is 2.63. The largest absolute Gasteiger partial charge is 0.334 e. The van der Waals surface area contributed by atoms with E-state index in [0.29, 0.717) is 22.7 Å². The highest BCUT2D eigenvalue weighted by Gasteiger charge is 2.19. The molecule has 0 radical (unpaired) electrons. The molecule has 98 valence electrons.